The van der Waals surface area contributed by atoms with E-state index in [0.29, 0.717) is 19.3 Å². The summed E-state index contributed by atoms with van der Waals surface area (Å²) in [5, 5.41) is 0. The minimum atomic E-state index is -0.767. The van der Waals surface area contributed by atoms with Gasteiger partial charge in [0.1, 0.15) is 13.2 Å². The summed E-state index contributed by atoms with van der Waals surface area (Å²) in [7, 11) is 0. The molecule has 0 N–H and O–H groups in total. The maximum atomic E-state index is 12.8. The summed E-state index contributed by atoms with van der Waals surface area (Å²) < 4.78 is 16.8. The average molecular weight is 1010 g/mol. The van der Waals surface area contributed by atoms with Gasteiger partial charge in [-0.15, -0.1) is 0 Å². The smallest absolute Gasteiger partial charge is 0.306 e. The zero-order valence-corrected chi connectivity index (χ0v) is 48.2. The first-order valence-electron chi connectivity index (χ1n) is 31.6. The fraction of sp³-hybridized carbons (Fsp3) is 0.833. The minimum Gasteiger partial charge on any atom is -0.462 e. The molecule has 0 fully saturated rings. The van der Waals surface area contributed by atoms with Crippen LogP contribution in [0.2, 0.25) is 0 Å². The van der Waals surface area contributed by atoms with E-state index in [1.807, 2.05) is 0 Å². The number of esters is 3. The summed E-state index contributed by atoms with van der Waals surface area (Å²) in [6.45, 7) is 6.54. The van der Waals surface area contributed by atoms with Crippen molar-refractivity contribution < 1.29 is 28.6 Å². The molecule has 0 aliphatic carbocycles. The maximum absolute atomic E-state index is 12.8. The van der Waals surface area contributed by atoms with Crippen LogP contribution in [0.3, 0.4) is 0 Å². The quantitative estimate of drug-likeness (QED) is 0.0261. The Hall–Kier alpha value is -2.63. The van der Waals surface area contributed by atoms with Gasteiger partial charge in [0.2, 0.25) is 0 Å². The van der Waals surface area contributed by atoms with Crippen LogP contribution in [-0.2, 0) is 28.6 Å². The largest absolute Gasteiger partial charge is 0.462 e. The van der Waals surface area contributed by atoms with E-state index in [1.165, 1.54) is 212 Å². The Morgan fingerprint density at radius 2 is 0.542 bits per heavy atom. The number of allylic oxidation sites excluding steroid dienone is 8. The van der Waals surface area contributed by atoms with E-state index < -0.39 is 6.10 Å². The van der Waals surface area contributed by atoms with Gasteiger partial charge in [-0.05, 0) is 57.8 Å². The number of unbranched alkanes of at least 4 members (excludes halogenated alkanes) is 39. The fourth-order valence-corrected chi connectivity index (χ4v) is 9.38. The monoisotopic (exact) mass is 1010 g/mol. The zero-order valence-electron chi connectivity index (χ0n) is 48.2. The zero-order chi connectivity index (χ0) is 52.2. The van der Waals surface area contributed by atoms with Crippen LogP contribution in [0, 0.1) is 0 Å². The van der Waals surface area contributed by atoms with Crippen molar-refractivity contribution in [1.82, 2.24) is 0 Å². The fourth-order valence-electron chi connectivity index (χ4n) is 9.38. The lowest BCUT2D eigenvalue weighted by atomic mass is 10.0. The first kappa shape index (κ1) is 69.4. The molecule has 0 spiro atoms. The van der Waals surface area contributed by atoms with E-state index in [1.54, 1.807) is 0 Å². The molecule has 6 heteroatoms. The number of ether oxygens (including phenoxy) is 3. The van der Waals surface area contributed by atoms with Gasteiger partial charge >= 0.3 is 17.9 Å². The normalized spacial score (nSPS) is 12.3. The molecule has 1 unspecified atom stereocenters. The van der Waals surface area contributed by atoms with Crippen molar-refractivity contribution in [3.63, 3.8) is 0 Å². The topological polar surface area (TPSA) is 78.9 Å². The Labute approximate surface area is 448 Å². The van der Waals surface area contributed by atoms with Crippen LogP contribution in [0.1, 0.15) is 335 Å². The number of hydrogen-bond donors (Lipinski definition) is 0. The lowest BCUT2D eigenvalue weighted by molar-refractivity contribution is -0.167. The number of carbonyl (C=O) groups is 3. The average Bonchev–Trinajstić information content (AvgIpc) is 3.38. The van der Waals surface area contributed by atoms with Crippen molar-refractivity contribution in [2.45, 2.75) is 341 Å². The summed E-state index contributed by atoms with van der Waals surface area (Å²) in [4.78, 5) is 38.1. The molecule has 0 radical (unpaired) electrons. The molecule has 0 amide bonds. The summed E-state index contributed by atoms with van der Waals surface area (Å²) in [6.07, 6.45) is 75.7. The summed E-state index contributed by atoms with van der Waals surface area (Å²) in [6, 6.07) is 0. The predicted octanol–water partition coefficient (Wildman–Crippen LogP) is 21.4. The molecule has 0 bridgehead atoms. The standard InChI is InChI=1S/C66H120O6/c1-4-7-10-13-16-18-20-22-24-26-28-30-31-32-33-34-35-36-38-39-41-43-45-47-50-53-56-59-65(68)71-62-63(61-70-64(67)58-55-52-49-15-12-9-6-3)72-66(69)60-57-54-51-48-46-44-42-40-37-29-27-25-23-21-19-17-14-11-8-5-2/h7,10,16,18,22,24,28,30,63H,4-6,8-9,11-15,17,19-21,23,25-27,29,31-62H2,1-3H3/b10-7-,18-16-,24-22-,30-28-. The van der Waals surface area contributed by atoms with Crippen molar-refractivity contribution in [2.75, 3.05) is 13.2 Å². The molecule has 6 nitrogen and oxygen atoms in total. The molecule has 0 aromatic carbocycles. The Morgan fingerprint density at radius 1 is 0.292 bits per heavy atom. The highest BCUT2D eigenvalue weighted by molar-refractivity contribution is 5.71. The second-order valence-electron chi connectivity index (χ2n) is 21.3. The van der Waals surface area contributed by atoms with Gasteiger partial charge < -0.3 is 14.2 Å². The first-order valence-corrected chi connectivity index (χ1v) is 31.6. The van der Waals surface area contributed by atoms with Crippen molar-refractivity contribution in [1.29, 1.82) is 0 Å². The van der Waals surface area contributed by atoms with Crippen molar-refractivity contribution in [3.05, 3.63) is 48.6 Å². The Bertz CT molecular complexity index is 1250. The van der Waals surface area contributed by atoms with E-state index >= 15 is 0 Å². The van der Waals surface area contributed by atoms with Crippen LogP contribution in [0.15, 0.2) is 48.6 Å². The van der Waals surface area contributed by atoms with Gasteiger partial charge in [-0.1, -0.05) is 307 Å². The van der Waals surface area contributed by atoms with E-state index in [9.17, 15) is 14.4 Å². The molecule has 0 aliphatic heterocycles. The second kappa shape index (κ2) is 60.9. The predicted molar refractivity (Wildman–Crippen MR) is 312 cm³/mol. The summed E-state index contributed by atoms with van der Waals surface area (Å²) in [5.41, 5.74) is 0. The van der Waals surface area contributed by atoms with Gasteiger partial charge in [0.05, 0.1) is 0 Å². The third-order valence-corrected chi connectivity index (χ3v) is 14.1. The minimum absolute atomic E-state index is 0.0681. The van der Waals surface area contributed by atoms with Crippen LogP contribution < -0.4 is 0 Å². The van der Waals surface area contributed by atoms with E-state index in [2.05, 4.69) is 69.4 Å². The molecule has 72 heavy (non-hydrogen) atoms. The lowest BCUT2D eigenvalue weighted by Crippen LogP contribution is -2.30. The molecule has 0 saturated heterocycles. The third-order valence-electron chi connectivity index (χ3n) is 14.1. The van der Waals surface area contributed by atoms with Crippen LogP contribution in [0.4, 0.5) is 0 Å². The molecule has 0 aromatic rings. The van der Waals surface area contributed by atoms with Gasteiger partial charge in [0.15, 0.2) is 6.10 Å². The van der Waals surface area contributed by atoms with Crippen molar-refractivity contribution in [3.8, 4) is 0 Å². The molecule has 1 atom stereocenters. The number of hydrogen-bond acceptors (Lipinski definition) is 6. The molecular formula is C66H120O6. The maximum Gasteiger partial charge on any atom is 0.306 e. The molecule has 0 aromatic heterocycles. The van der Waals surface area contributed by atoms with Crippen LogP contribution in [0.25, 0.3) is 0 Å². The van der Waals surface area contributed by atoms with Gasteiger partial charge in [-0.3, -0.25) is 14.4 Å². The van der Waals surface area contributed by atoms with E-state index in [-0.39, 0.29) is 31.1 Å². The molecule has 0 saturated carbocycles. The first-order chi connectivity index (χ1) is 35.5. The van der Waals surface area contributed by atoms with Gasteiger partial charge in [-0.25, -0.2) is 0 Å². The van der Waals surface area contributed by atoms with Gasteiger partial charge in [0, 0.05) is 19.3 Å². The number of rotatable bonds is 58. The van der Waals surface area contributed by atoms with Gasteiger partial charge in [0.25, 0.3) is 0 Å². The second-order valence-corrected chi connectivity index (χ2v) is 21.3. The highest BCUT2D eigenvalue weighted by Crippen LogP contribution is 2.18. The van der Waals surface area contributed by atoms with E-state index in [4.69, 9.17) is 14.2 Å². The van der Waals surface area contributed by atoms with Crippen LogP contribution >= 0.6 is 0 Å². The highest BCUT2D eigenvalue weighted by atomic mass is 16.6. The Kier molecular flexibility index (Phi) is 58.7. The summed E-state index contributed by atoms with van der Waals surface area (Å²) in [5.74, 6) is -0.854. The molecule has 0 rings (SSSR count). The van der Waals surface area contributed by atoms with Crippen LogP contribution in [-0.4, -0.2) is 37.2 Å². The highest BCUT2D eigenvalue weighted by Gasteiger charge is 2.19. The molecule has 0 heterocycles. The molecule has 0 aliphatic rings. The SMILES string of the molecule is CC/C=C\C/C=C\C/C=C\C/C=C\CCCCCCCCCCCCCCCCC(=O)OCC(COC(=O)CCCCCCCCC)OC(=O)CCCCCCCCCCCCCCCCCCCCCC. The molecule has 420 valence electrons. The van der Waals surface area contributed by atoms with Crippen molar-refractivity contribution >= 4 is 17.9 Å². The van der Waals surface area contributed by atoms with Crippen LogP contribution in [0.5, 0.6) is 0 Å². The molecular weight excluding hydrogens is 889 g/mol. The lowest BCUT2D eigenvalue weighted by Gasteiger charge is -2.18. The summed E-state index contributed by atoms with van der Waals surface area (Å²) >= 11 is 0. The van der Waals surface area contributed by atoms with E-state index in [0.717, 1.165) is 83.5 Å². The Balaban J connectivity index is 4.08. The van der Waals surface area contributed by atoms with Gasteiger partial charge in [-0.2, -0.15) is 0 Å². The third kappa shape index (κ3) is 58.3. The Morgan fingerprint density at radius 3 is 0.847 bits per heavy atom. The number of carbonyl (C=O) groups excluding carboxylic acids is 3. The van der Waals surface area contributed by atoms with Crippen molar-refractivity contribution in [2.24, 2.45) is 0 Å².